The number of halogens is 2. The summed E-state index contributed by atoms with van der Waals surface area (Å²) in [5.41, 5.74) is 2.24. The number of pyridine rings is 2. The molecule has 42 heavy (non-hydrogen) atoms. The van der Waals surface area contributed by atoms with Crippen molar-refractivity contribution in [2.45, 2.75) is 44.4 Å². The Morgan fingerprint density at radius 2 is 1.69 bits per heavy atom. The zero-order chi connectivity index (χ0) is 29.5. The molecule has 6 rings (SSSR count). The minimum absolute atomic E-state index is 0.122. The second-order valence-electron chi connectivity index (χ2n) is 11.6. The maximum Gasteiger partial charge on any atom is 0.258 e. The van der Waals surface area contributed by atoms with Crippen LogP contribution in [0.5, 0.6) is 0 Å². The molecule has 1 aromatic carbocycles. The van der Waals surface area contributed by atoms with Crippen molar-refractivity contribution >= 4 is 49.8 Å². The second-order valence-corrected chi connectivity index (χ2v) is 13.4. The molecule has 0 bridgehead atoms. The highest BCUT2D eigenvalue weighted by Gasteiger charge is 2.44. The van der Waals surface area contributed by atoms with Crippen LogP contribution in [0.1, 0.15) is 48.9 Å². The number of benzene rings is 1. The van der Waals surface area contributed by atoms with Crippen molar-refractivity contribution in [1.29, 1.82) is 0 Å². The number of anilines is 4. The summed E-state index contributed by atoms with van der Waals surface area (Å²) in [4.78, 5) is 26.7. The molecular weight excluding hydrogens is 566 g/mol. The van der Waals surface area contributed by atoms with Crippen LogP contribution in [-0.2, 0) is 10.0 Å². The van der Waals surface area contributed by atoms with E-state index >= 15 is 0 Å². The minimum atomic E-state index is -3.75. The van der Waals surface area contributed by atoms with Crippen molar-refractivity contribution in [2.75, 3.05) is 58.4 Å². The summed E-state index contributed by atoms with van der Waals surface area (Å²) >= 11 is 0. The normalized spacial score (nSPS) is 19.6. The molecule has 2 saturated heterocycles. The summed E-state index contributed by atoms with van der Waals surface area (Å²) in [6, 6.07) is 10.1. The van der Waals surface area contributed by atoms with E-state index in [2.05, 4.69) is 24.9 Å². The van der Waals surface area contributed by atoms with E-state index in [0.717, 1.165) is 31.3 Å². The fourth-order valence-electron chi connectivity index (χ4n) is 5.88. The summed E-state index contributed by atoms with van der Waals surface area (Å²) in [7, 11) is -3.75. The summed E-state index contributed by atoms with van der Waals surface area (Å²) in [6.07, 6.45) is 5.50. The lowest BCUT2D eigenvalue weighted by molar-refractivity contribution is -0.0221. The van der Waals surface area contributed by atoms with E-state index in [0.29, 0.717) is 33.7 Å². The monoisotopic (exact) mass is 600 g/mol. The SMILES string of the molecule is O=C(Nc1cc2cccnc2c(N2CCC(F)(F)CC2)n1)c1ccc(NS(=O)(=O)CCO)cc1N1CCC2(CC1)CC2. The molecule has 0 atom stereocenters. The first-order valence-corrected chi connectivity index (χ1v) is 15.9. The highest BCUT2D eigenvalue weighted by atomic mass is 32.2. The van der Waals surface area contributed by atoms with Gasteiger partial charge in [0, 0.05) is 50.6 Å². The molecule has 2 aromatic heterocycles. The Balaban J connectivity index is 1.30. The molecule has 1 saturated carbocycles. The average molecular weight is 601 g/mol. The zero-order valence-corrected chi connectivity index (χ0v) is 24.0. The third-order valence-electron chi connectivity index (χ3n) is 8.60. The van der Waals surface area contributed by atoms with Crippen molar-refractivity contribution in [3.05, 3.63) is 48.2 Å². The van der Waals surface area contributed by atoms with Crippen LogP contribution < -0.4 is 19.8 Å². The van der Waals surface area contributed by atoms with Gasteiger partial charge in [0.1, 0.15) is 11.3 Å². The Morgan fingerprint density at radius 1 is 0.976 bits per heavy atom. The summed E-state index contributed by atoms with van der Waals surface area (Å²) < 4.78 is 54.9. The van der Waals surface area contributed by atoms with Crippen molar-refractivity contribution in [3.8, 4) is 0 Å². The van der Waals surface area contributed by atoms with Gasteiger partial charge in [-0.05, 0) is 61.4 Å². The fraction of sp³-hybridized carbons (Fsp3) is 0.483. The number of carbonyl (C=O) groups is 1. The third-order valence-corrected chi connectivity index (χ3v) is 9.87. The van der Waals surface area contributed by atoms with Crippen LogP contribution in [0.4, 0.5) is 31.8 Å². The number of aromatic nitrogens is 2. The molecule has 3 aliphatic rings. The molecule has 3 N–H and O–H groups in total. The van der Waals surface area contributed by atoms with E-state index < -0.39 is 34.2 Å². The van der Waals surface area contributed by atoms with E-state index in [-0.39, 0.29) is 31.7 Å². The van der Waals surface area contributed by atoms with Gasteiger partial charge in [0.2, 0.25) is 10.0 Å². The Morgan fingerprint density at radius 3 is 2.38 bits per heavy atom. The first kappa shape index (κ1) is 28.5. The molecule has 0 unspecified atom stereocenters. The molecule has 1 spiro atoms. The smallest absolute Gasteiger partial charge is 0.258 e. The number of rotatable bonds is 8. The molecule has 3 aromatic rings. The Kier molecular flexibility index (Phi) is 7.42. The Hall–Kier alpha value is -3.58. The van der Waals surface area contributed by atoms with Crippen LogP contribution in [0.15, 0.2) is 42.6 Å². The van der Waals surface area contributed by atoms with E-state index in [9.17, 15) is 22.0 Å². The number of alkyl halides is 2. The van der Waals surface area contributed by atoms with Gasteiger partial charge in [-0.15, -0.1) is 0 Å². The maximum atomic E-state index is 13.9. The van der Waals surface area contributed by atoms with Gasteiger partial charge in [-0.3, -0.25) is 14.5 Å². The van der Waals surface area contributed by atoms with Gasteiger partial charge in [-0.25, -0.2) is 22.2 Å². The lowest BCUT2D eigenvalue weighted by atomic mass is 9.93. The standard InChI is InChI=1S/C29H34F2N6O4S/c30-29(31)9-14-37(15-10-29)26-25-20(2-1-11-32-25)18-24(33-26)34-27(39)22-4-3-21(35-42(40,41)17-16-38)19-23(22)36-12-7-28(5-6-28)8-13-36/h1-4,11,18-19,35,38H,5-10,12-17H2,(H,33,34,39). The molecule has 4 heterocycles. The molecule has 1 aliphatic carbocycles. The Bertz CT molecular complexity index is 1590. The number of amides is 1. The van der Waals surface area contributed by atoms with Gasteiger partial charge < -0.3 is 20.2 Å². The first-order chi connectivity index (χ1) is 20.1. The van der Waals surface area contributed by atoms with Crippen LogP contribution in [0.25, 0.3) is 10.9 Å². The molecule has 3 fully saturated rings. The van der Waals surface area contributed by atoms with Gasteiger partial charge in [0.05, 0.1) is 29.3 Å². The van der Waals surface area contributed by atoms with Crippen molar-refractivity contribution < 1.29 is 27.1 Å². The van der Waals surface area contributed by atoms with E-state index in [1.54, 1.807) is 35.4 Å². The van der Waals surface area contributed by atoms with E-state index in [1.807, 2.05) is 6.07 Å². The van der Waals surface area contributed by atoms with Crippen molar-refractivity contribution in [2.24, 2.45) is 5.41 Å². The maximum absolute atomic E-state index is 13.9. The second kappa shape index (κ2) is 10.9. The third kappa shape index (κ3) is 6.12. The number of carbonyl (C=O) groups excluding carboxylic acids is 1. The quantitative estimate of drug-likeness (QED) is 0.351. The number of hydrogen-bond acceptors (Lipinski definition) is 8. The molecule has 224 valence electrons. The average Bonchev–Trinajstić information content (AvgIpc) is 3.71. The number of hydrogen-bond donors (Lipinski definition) is 3. The lowest BCUT2D eigenvalue weighted by Gasteiger charge is -2.35. The van der Waals surface area contributed by atoms with Crippen molar-refractivity contribution in [3.63, 3.8) is 0 Å². The van der Waals surface area contributed by atoms with Gasteiger partial charge in [-0.2, -0.15) is 0 Å². The summed E-state index contributed by atoms with van der Waals surface area (Å²) in [5, 5.41) is 12.7. The number of sulfonamides is 1. The topological polar surface area (TPSA) is 128 Å². The van der Waals surface area contributed by atoms with E-state index in [1.165, 1.54) is 18.9 Å². The Labute approximate surface area is 243 Å². The largest absolute Gasteiger partial charge is 0.395 e. The summed E-state index contributed by atoms with van der Waals surface area (Å²) in [5.74, 6) is -2.86. The van der Waals surface area contributed by atoms with Crippen LogP contribution in [-0.4, -0.2) is 73.9 Å². The van der Waals surface area contributed by atoms with Crippen molar-refractivity contribution in [1.82, 2.24) is 9.97 Å². The molecular formula is C29H34F2N6O4S. The predicted octanol–water partition coefficient (Wildman–Crippen LogP) is 4.23. The molecule has 2 aliphatic heterocycles. The zero-order valence-electron chi connectivity index (χ0n) is 23.2. The number of nitrogens with zero attached hydrogens (tertiary/aromatic N) is 4. The highest BCUT2D eigenvalue weighted by molar-refractivity contribution is 7.92. The van der Waals surface area contributed by atoms with Crippen LogP contribution >= 0.6 is 0 Å². The lowest BCUT2D eigenvalue weighted by Crippen LogP contribution is -2.40. The van der Waals surface area contributed by atoms with Crippen LogP contribution in [0.2, 0.25) is 0 Å². The highest BCUT2D eigenvalue weighted by Crippen LogP contribution is 2.54. The number of aliphatic hydroxyl groups is 1. The van der Waals surface area contributed by atoms with Gasteiger partial charge in [0.25, 0.3) is 11.8 Å². The minimum Gasteiger partial charge on any atom is -0.395 e. The van der Waals surface area contributed by atoms with E-state index in [4.69, 9.17) is 5.11 Å². The van der Waals surface area contributed by atoms with Gasteiger partial charge in [0.15, 0.2) is 5.82 Å². The fourth-order valence-corrected chi connectivity index (χ4v) is 6.71. The van der Waals surface area contributed by atoms with Crippen LogP contribution in [0, 0.1) is 5.41 Å². The molecule has 10 nitrogen and oxygen atoms in total. The molecule has 0 radical (unpaired) electrons. The molecule has 13 heteroatoms. The number of nitrogens with one attached hydrogen (secondary N) is 2. The number of piperidine rings is 2. The summed E-state index contributed by atoms with van der Waals surface area (Å²) in [6.45, 7) is 1.23. The van der Waals surface area contributed by atoms with Gasteiger partial charge in [-0.1, -0.05) is 6.07 Å². The van der Waals surface area contributed by atoms with Gasteiger partial charge >= 0.3 is 0 Å². The first-order valence-electron chi connectivity index (χ1n) is 14.3. The van der Waals surface area contributed by atoms with Crippen LogP contribution in [0.3, 0.4) is 0 Å². The number of aliphatic hydroxyl groups excluding tert-OH is 1. The number of fused-ring (bicyclic) bond motifs is 1. The predicted molar refractivity (Wildman–Crippen MR) is 158 cm³/mol. The molecule has 1 amide bonds.